The van der Waals surface area contributed by atoms with Crippen molar-refractivity contribution in [1.29, 1.82) is 0 Å². The number of benzene rings is 1. The predicted molar refractivity (Wildman–Crippen MR) is 72.2 cm³/mol. The van der Waals surface area contributed by atoms with Gasteiger partial charge >= 0.3 is 12.2 Å². The smallest absolute Gasteiger partial charge is 0.315 e. The topological polar surface area (TPSA) is 41.1 Å². The van der Waals surface area contributed by atoms with Crippen LogP contribution in [-0.2, 0) is 6.18 Å². The van der Waals surface area contributed by atoms with Gasteiger partial charge < -0.3 is 10.6 Å². The molecule has 1 aromatic carbocycles. The summed E-state index contributed by atoms with van der Waals surface area (Å²) in [4.78, 5) is 11.5. The molecule has 0 radical (unpaired) electrons. The van der Waals surface area contributed by atoms with E-state index in [0.29, 0.717) is 0 Å². The van der Waals surface area contributed by atoms with Gasteiger partial charge in [0.2, 0.25) is 0 Å². The van der Waals surface area contributed by atoms with Gasteiger partial charge in [-0.1, -0.05) is 39.0 Å². The number of alkyl halides is 3. The van der Waals surface area contributed by atoms with Crippen molar-refractivity contribution in [3.8, 4) is 0 Å². The molecule has 3 nitrogen and oxygen atoms in total. The highest BCUT2D eigenvalue weighted by atomic mass is 19.4. The first-order valence-electron chi connectivity index (χ1n) is 6.01. The van der Waals surface area contributed by atoms with Crippen LogP contribution >= 0.6 is 0 Å². The van der Waals surface area contributed by atoms with Crippen LogP contribution in [0.1, 0.15) is 26.3 Å². The van der Waals surface area contributed by atoms with Gasteiger partial charge in [0.25, 0.3) is 0 Å². The Bertz CT molecular complexity index is 502. The average molecular weight is 286 g/mol. The molecule has 0 aliphatic rings. The molecule has 0 bridgehead atoms. The molecule has 110 valence electrons. The normalized spacial score (nSPS) is 12.5. The third kappa shape index (κ3) is 5.34. The van der Waals surface area contributed by atoms with Crippen LogP contribution in [0.25, 0.3) is 0 Å². The maximum atomic E-state index is 12.7. The first-order valence-corrected chi connectivity index (χ1v) is 6.01. The number of carbonyl (C=O) groups excluding carboxylic acids is 1. The summed E-state index contributed by atoms with van der Waals surface area (Å²) in [7, 11) is 0. The molecule has 1 rings (SSSR count). The zero-order valence-corrected chi connectivity index (χ0v) is 11.5. The summed E-state index contributed by atoms with van der Waals surface area (Å²) in [5.41, 5.74) is -1.28. The van der Waals surface area contributed by atoms with E-state index in [9.17, 15) is 18.0 Å². The number of rotatable bonds is 2. The molecule has 0 unspecified atom stereocenters. The quantitative estimate of drug-likeness (QED) is 0.832. The summed E-state index contributed by atoms with van der Waals surface area (Å²) in [5, 5.41) is 4.55. The number of nitrogens with one attached hydrogen (secondary N) is 2. The van der Waals surface area contributed by atoms with Crippen molar-refractivity contribution in [2.45, 2.75) is 26.9 Å². The predicted octanol–water partition coefficient (Wildman–Crippen LogP) is 4.39. The summed E-state index contributed by atoms with van der Waals surface area (Å²) in [6.45, 7) is 5.80. The molecule has 0 atom stereocenters. The number of amides is 2. The van der Waals surface area contributed by atoms with Gasteiger partial charge in [0, 0.05) is 6.20 Å². The van der Waals surface area contributed by atoms with Crippen molar-refractivity contribution < 1.29 is 18.0 Å². The van der Waals surface area contributed by atoms with Crippen LogP contribution < -0.4 is 10.6 Å². The van der Waals surface area contributed by atoms with Gasteiger partial charge in [-0.2, -0.15) is 13.2 Å². The number of carbonyl (C=O) groups is 1. The van der Waals surface area contributed by atoms with Crippen molar-refractivity contribution in [3.63, 3.8) is 0 Å². The zero-order chi connectivity index (χ0) is 15.4. The molecule has 0 fully saturated rings. The first-order chi connectivity index (χ1) is 9.09. The molecule has 0 saturated heterocycles. The van der Waals surface area contributed by atoms with Gasteiger partial charge in [-0.3, -0.25) is 0 Å². The van der Waals surface area contributed by atoms with Gasteiger partial charge in [0.05, 0.1) is 11.3 Å². The Kier molecular flexibility index (Phi) is 4.81. The summed E-state index contributed by atoms with van der Waals surface area (Å²) >= 11 is 0. The van der Waals surface area contributed by atoms with E-state index in [2.05, 4.69) is 10.6 Å². The Morgan fingerprint density at radius 2 is 1.75 bits per heavy atom. The highest BCUT2D eigenvalue weighted by Gasteiger charge is 2.33. The van der Waals surface area contributed by atoms with Crippen LogP contribution in [-0.4, -0.2) is 6.03 Å². The fourth-order valence-corrected chi connectivity index (χ4v) is 1.37. The summed E-state index contributed by atoms with van der Waals surface area (Å²) in [6, 6.07) is 4.10. The van der Waals surface area contributed by atoms with Crippen molar-refractivity contribution >= 4 is 11.7 Å². The minimum atomic E-state index is -4.51. The molecule has 6 heteroatoms. The Hall–Kier alpha value is -1.98. The maximum Gasteiger partial charge on any atom is 0.418 e. The number of hydrogen-bond acceptors (Lipinski definition) is 1. The van der Waals surface area contributed by atoms with E-state index in [1.807, 2.05) is 20.8 Å². The Labute approximate surface area is 115 Å². The number of anilines is 1. The summed E-state index contributed by atoms with van der Waals surface area (Å²) in [6.07, 6.45) is -1.36. The fourth-order valence-electron chi connectivity index (χ4n) is 1.37. The third-order valence-electron chi connectivity index (χ3n) is 2.28. The molecule has 1 aromatic rings. The Morgan fingerprint density at radius 1 is 1.15 bits per heavy atom. The van der Waals surface area contributed by atoms with Gasteiger partial charge in [-0.05, 0) is 17.5 Å². The average Bonchev–Trinajstić information content (AvgIpc) is 2.26. The van der Waals surface area contributed by atoms with Crippen LogP contribution in [0.4, 0.5) is 23.7 Å². The molecule has 0 aliphatic carbocycles. The zero-order valence-electron chi connectivity index (χ0n) is 11.5. The molecular weight excluding hydrogens is 269 g/mol. The van der Waals surface area contributed by atoms with Crippen LogP contribution in [0.15, 0.2) is 36.5 Å². The van der Waals surface area contributed by atoms with E-state index in [0.717, 1.165) is 6.07 Å². The molecule has 0 aromatic heterocycles. The molecule has 0 aliphatic heterocycles. The largest absolute Gasteiger partial charge is 0.418 e. The monoisotopic (exact) mass is 286 g/mol. The molecule has 2 N–H and O–H groups in total. The maximum absolute atomic E-state index is 12.7. The Balaban J connectivity index is 2.75. The van der Waals surface area contributed by atoms with Crippen molar-refractivity contribution in [3.05, 3.63) is 42.1 Å². The number of allylic oxidation sites excluding steroid dienone is 1. The minimum absolute atomic E-state index is 0.128. The van der Waals surface area contributed by atoms with Gasteiger partial charge in [0.1, 0.15) is 0 Å². The van der Waals surface area contributed by atoms with E-state index in [4.69, 9.17) is 0 Å². The van der Waals surface area contributed by atoms with E-state index >= 15 is 0 Å². The van der Waals surface area contributed by atoms with Crippen LogP contribution in [0.2, 0.25) is 0 Å². The van der Waals surface area contributed by atoms with Crippen LogP contribution in [0.3, 0.4) is 0 Å². The summed E-state index contributed by atoms with van der Waals surface area (Å²) in [5.74, 6) is 0. The number of urea groups is 1. The molecule has 20 heavy (non-hydrogen) atoms. The molecule has 0 spiro atoms. The van der Waals surface area contributed by atoms with E-state index < -0.39 is 17.8 Å². The van der Waals surface area contributed by atoms with Crippen LogP contribution in [0.5, 0.6) is 0 Å². The van der Waals surface area contributed by atoms with Crippen molar-refractivity contribution in [2.24, 2.45) is 5.41 Å². The highest BCUT2D eigenvalue weighted by molar-refractivity contribution is 5.90. The lowest BCUT2D eigenvalue weighted by atomic mass is 9.97. The van der Waals surface area contributed by atoms with E-state index in [-0.39, 0.29) is 11.1 Å². The van der Waals surface area contributed by atoms with Gasteiger partial charge in [-0.15, -0.1) is 0 Å². The third-order valence-corrected chi connectivity index (χ3v) is 2.28. The second kappa shape index (κ2) is 5.98. The number of hydrogen-bond donors (Lipinski definition) is 2. The van der Waals surface area contributed by atoms with E-state index in [1.54, 1.807) is 6.08 Å². The number of halogens is 3. The van der Waals surface area contributed by atoms with Gasteiger partial charge in [-0.25, -0.2) is 4.79 Å². The molecular formula is C14H17F3N2O. The molecule has 0 heterocycles. The first kappa shape index (κ1) is 16.1. The minimum Gasteiger partial charge on any atom is -0.315 e. The lowest BCUT2D eigenvalue weighted by Gasteiger charge is -2.14. The summed E-state index contributed by atoms with van der Waals surface area (Å²) < 4.78 is 38.2. The standard InChI is InChI=1S/C14H17F3N2O/c1-13(2,3)8-9-18-12(20)19-11-7-5-4-6-10(11)14(15,16)17/h4-9H,1-3H3,(H2,18,19,20)/b9-8+. The van der Waals surface area contributed by atoms with E-state index in [1.165, 1.54) is 24.4 Å². The SMILES string of the molecule is CC(C)(C)/C=C/NC(=O)Nc1ccccc1C(F)(F)F. The fraction of sp³-hybridized carbons (Fsp3) is 0.357. The molecule has 2 amide bonds. The second-order valence-electron chi connectivity index (χ2n) is 5.34. The number of para-hydroxylation sites is 1. The van der Waals surface area contributed by atoms with Crippen LogP contribution in [0, 0.1) is 5.41 Å². The second-order valence-corrected chi connectivity index (χ2v) is 5.34. The Morgan fingerprint density at radius 3 is 2.30 bits per heavy atom. The van der Waals surface area contributed by atoms with Gasteiger partial charge in [0.15, 0.2) is 0 Å². The lowest BCUT2D eigenvalue weighted by molar-refractivity contribution is -0.136. The lowest BCUT2D eigenvalue weighted by Crippen LogP contribution is -2.25. The molecule has 0 saturated carbocycles. The highest BCUT2D eigenvalue weighted by Crippen LogP contribution is 2.34. The van der Waals surface area contributed by atoms with Crippen molar-refractivity contribution in [2.75, 3.05) is 5.32 Å². The van der Waals surface area contributed by atoms with Crippen molar-refractivity contribution in [1.82, 2.24) is 5.32 Å².